The molecule has 1 aromatic carbocycles. The van der Waals surface area contributed by atoms with E-state index in [-0.39, 0.29) is 13.2 Å². The number of carbonyl (C=O) groups excluding carboxylic acids is 2. The normalized spacial score (nSPS) is 11.6. The van der Waals surface area contributed by atoms with E-state index < -0.39 is 23.1 Å². The highest BCUT2D eigenvalue weighted by Gasteiger charge is 2.25. The second-order valence-electron chi connectivity index (χ2n) is 7.27. The summed E-state index contributed by atoms with van der Waals surface area (Å²) in [5, 5.41) is 2.87. The molecule has 0 aliphatic rings. The highest BCUT2D eigenvalue weighted by atomic mass is 16.5. The Balaban J connectivity index is 2.47. The number of hydrogen-bond acceptors (Lipinski definition) is 5. The maximum Gasteiger partial charge on any atom is 0.407 e. The summed E-state index contributed by atoms with van der Waals surface area (Å²) in [4.78, 5) is 22.9. The molecule has 0 aliphatic carbocycles. The summed E-state index contributed by atoms with van der Waals surface area (Å²) >= 11 is 0. The van der Waals surface area contributed by atoms with Gasteiger partial charge in [0.05, 0.1) is 18.8 Å². The van der Waals surface area contributed by atoms with Crippen molar-refractivity contribution in [2.24, 2.45) is 5.73 Å². The predicted octanol–water partition coefficient (Wildman–Crippen LogP) is 3.35. The van der Waals surface area contributed by atoms with E-state index >= 15 is 0 Å². The summed E-state index contributed by atoms with van der Waals surface area (Å²) < 4.78 is 10.0. The first-order valence-corrected chi connectivity index (χ1v) is 8.70. The van der Waals surface area contributed by atoms with E-state index in [4.69, 9.17) is 15.2 Å². The van der Waals surface area contributed by atoms with Crippen molar-refractivity contribution in [2.75, 3.05) is 13.2 Å². The molecule has 144 valence electrons. The van der Waals surface area contributed by atoms with Crippen LogP contribution in [0.3, 0.4) is 0 Å². The number of alkyl carbamates (subject to hydrolysis) is 1. The molecular weight excluding hydrogens is 332 g/mol. The Labute approximate surface area is 155 Å². The number of carbonyl (C=O) groups is 2. The van der Waals surface area contributed by atoms with E-state index in [0.29, 0.717) is 12.8 Å². The number of nitrogens with two attached hydrogens (primary N) is 1. The molecule has 0 aliphatic heterocycles. The van der Waals surface area contributed by atoms with Gasteiger partial charge in [0, 0.05) is 11.6 Å². The Morgan fingerprint density at radius 1 is 1.12 bits per heavy atom. The third-order valence-electron chi connectivity index (χ3n) is 3.93. The maximum atomic E-state index is 12.0. The van der Waals surface area contributed by atoms with Crippen LogP contribution in [0.1, 0.15) is 51.7 Å². The van der Waals surface area contributed by atoms with Gasteiger partial charge in [-0.15, -0.1) is 0 Å². The molecule has 0 saturated heterocycles. The first-order chi connectivity index (χ1) is 12.1. The lowest BCUT2D eigenvalue weighted by Crippen LogP contribution is -2.41. The molecule has 1 amide bonds. The maximum absolute atomic E-state index is 12.0. The minimum Gasteiger partial charge on any atom is -0.463 e. The minimum absolute atomic E-state index is 0.253. The van der Waals surface area contributed by atoms with Gasteiger partial charge in [0.15, 0.2) is 0 Å². The summed E-state index contributed by atoms with van der Waals surface area (Å²) in [5.74, 6) is -0.451. The van der Waals surface area contributed by atoms with Gasteiger partial charge >= 0.3 is 12.1 Å². The third kappa shape index (κ3) is 7.27. The topological polar surface area (TPSA) is 90.6 Å². The molecule has 0 heterocycles. The summed E-state index contributed by atoms with van der Waals surface area (Å²) in [6.45, 7) is 11.5. The van der Waals surface area contributed by atoms with Gasteiger partial charge in [-0.2, -0.15) is 0 Å². The van der Waals surface area contributed by atoms with Crippen LogP contribution >= 0.6 is 0 Å². The molecule has 1 aromatic rings. The molecule has 0 radical (unpaired) electrons. The smallest absolute Gasteiger partial charge is 0.407 e. The number of unbranched alkanes of at least 4 members (excludes halogenated alkanes) is 1. The van der Waals surface area contributed by atoms with Gasteiger partial charge in [-0.3, -0.25) is 0 Å². The molecule has 26 heavy (non-hydrogen) atoms. The largest absolute Gasteiger partial charge is 0.463 e. The Hall–Kier alpha value is -2.34. The number of rotatable bonds is 9. The first-order valence-electron chi connectivity index (χ1n) is 8.70. The Morgan fingerprint density at radius 3 is 2.27 bits per heavy atom. The zero-order valence-electron chi connectivity index (χ0n) is 16.1. The van der Waals surface area contributed by atoms with Crippen molar-refractivity contribution >= 4 is 12.1 Å². The lowest BCUT2D eigenvalue weighted by molar-refractivity contribution is -0.137. The highest BCUT2D eigenvalue weighted by molar-refractivity contribution is 5.81. The average molecular weight is 362 g/mol. The lowest BCUT2D eigenvalue weighted by Gasteiger charge is -2.28. The van der Waals surface area contributed by atoms with Crippen molar-refractivity contribution in [2.45, 2.75) is 51.6 Å². The van der Waals surface area contributed by atoms with Crippen molar-refractivity contribution in [1.82, 2.24) is 5.32 Å². The van der Waals surface area contributed by atoms with Gasteiger partial charge in [0.1, 0.15) is 0 Å². The van der Waals surface area contributed by atoms with Crippen molar-refractivity contribution in [1.29, 1.82) is 0 Å². The number of hydrogen-bond donors (Lipinski definition) is 2. The fourth-order valence-electron chi connectivity index (χ4n) is 2.27. The summed E-state index contributed by atoms with van der Waals surface area (Å²) in [6, 6.07) is 7.84. The second-order valence-corrected chi connectivity index (χ2v) is 7.27. The van der Waals surface area contributed by atoms with E-state index in [9.17, 15) is 9.59 Å². The zero-order chi connectivity index (χ0) is 19.8. The molecule has 6 heteroatoms. The van der Waals surface area contributed by atoms with Crippen LogP contribution in [-0.4, -0.2) is 25.3 Å². The Kier molecular flexibility index (Phi) is 7.83. The third-order valence-corrected chi connectivity index (χ3v) is 3.93. The number of esters is 1. The molecule has 1 rings (SSSR count). The quantitative estimate of drug-likeness (QED) is 0.399. The van der Waals surface area contributed by atoms with Crippen LogP contribution in [0, 0.1) is 0 Å². The van der Waals surface area contributed by atoms with Gasteiger partial charge in [-0.05, 0) is 51.7 Å². The Morgan fingerprint density at radius 2 is 1.69 bits per heavy atom. The summed E-state index contributed by atoms with van der Waals surface area (Å²) in [6.07, 6.45) is 1.85. The van der Waals surface area contributed by atoms with E-state index in [1.807, 2.05) is 52.0 Å². The van der Waals surface area contributed by atoms with Crippen LogP contribution < -0.4 is 11.1 Å². The molecule has 0 saturated carbocycles. The van der Waals surface area contributed by atoms with E-state index in [1.165, 1.54) is 0 Å². The molecule has 6 nitrogen and oxygen atoms in total. The SMILES string of the molecule is C=CC(=O)OCCCCOC(=O)NC(C)(C)c1cccc(C(C)(C)N)c1. The van der Waals surface area contributed by atoms with Gasteiger partial charge in [-0.1, -0.05) is 30.8 Å². The molecule has 0 bridgehead atoms. The number of benzene rings is 1. The van der Waals surface area contributed by atoms with Crippen LogP contribution in [0.4, 0.5) is 4.79 Å². The summed E-state index contributed by atoms with van der Waals surface area (Å²) in [7, 11) is 0. The van der Waals surface area contributed by atoms with Crippen molar-refractivity contribution in [3.05, 3.63) is 48.0 Å². The van der Waals surface area contributed by atoms with Gasteiger partial charge in [0.25, 0.3) is 0 Å². The van der Waals surface area contributed by atoms with E-state index in [0.717, 1.165) is 17.2 Å². The van der Waals surface area contributed by atoms with Gasteiger partial charge < -0.3 is 20.5 Å². The van der Waals surface area contributed by atoms with Crippen LogP contribution in [0.15, 0.2) is 36.9 Å². The lowest BCUT2D eigenvalue weighted by atomic mass is 9.88. The number of amides is 1. The van der Waals surface area contributed by atoms with Crippen molar-refractivity contribution in [3.63, 3.8) is 0 Å². The van der Waals surface area contributed by atoms with Gasteiger partial charge in [-0.25, -0.2) is 9.59 Å². The average Bonchev–Trinajstić information content (AvgIpc) is 2.56. The van der Waals surface area contributed by atoms with E-state index in [2.05, 4.69) is 11.9 Å². The van der Waals surface area contributed by atoms with Crippen LogP contribution in [0.25, 0.3) is 0 Å². The molecule has 0 spiro atoms. The number of nitrogens with one attached hydrogen (secondary N) is 1. The molecular formula is C20H30N2O4. The first kappa shape index (κ1) is 21.7. The zero-order valence-corrected chi connectivity index (χ0v) is 16.1. The molecule has 0 atom stereocenters. The molecule has 0 aromatic heterocycles. The van der Waals surface area contributed by atoms with Crippen LogP contribution in [0.5, 0.6) is 0 Å². The Bertz CT molecular complexity index is 633. The van der Waals surface area contributed by atoms with E-state index in [1.54, 1.807) is 0 Å². The molecule has 3 N–H and O–H groups in total. The molecule has 0 fully saturated rings. The number of ether oxygens (including phenoxy) is 2. The van der Waals surface area contributed by atoms with Crippen molar-refractivity contribution in [3.8, 4) is 0 Å². The van der Waals surface area contributed by atoms with Crippen LogP contribution in [-0.2, 0) is 25.3 Å². The fourth-order valence-corrected chi connectivity index (χ4v) is 2.27. The predicted molar refractivity (Wildman–Crippen MR) is 102 cm³/mol. The van der Waals surface area contributed by atoms with Crippen molar-refractivity contribution < 1.29 is 19.1 Å². The molecule has 0 unspecified atom stereocenters. The monoisotopic (exact) mass is 362 g/mol. The van der Waals surface area contributed by atoms with Crippen LogP contribution in [0.2, 0.25) is 0 Å². The summed E-state index contributed by atoms with van der Waals surface area (Å²) in [5.41, 5.74) is 7.04. The highest BCUT2D eigenvalue weighted by Crippen LogP contribution is 2.25. The fraction of sp³-hybridized carbons (Fsp3) is 0.500. The second kappa shape index (κ2) is 9.38. The standard InChI is InChI=1S/C20H30N2O4/c1-6-17(23)25-12-7-8-13-26-18(24)22-20(4,5)16-11-9-10-15(14-16)19(2,3)21/h6,9-11,14H,1,7-8,12-13,21H2,2-5H3,(H,22,24). The minimum atomic E-state index is -0.599. The van der Waals surface area contributed by atoms with Gasteiger partial charge in [0.2, 0.25) is 0 Å².